The average Bonchev–Trinajstić information content (AvgIpc) is 2.82. The Morgan fingerprint density at radius 2 is 1.83 bits per heavy atom. The molecule has 2 aliphatic carbocycles. The van der Waals surface area contributed by atoms with Crippen LogP contribution < -0.4 is 10.2 Å². The number of pyridine rings is 1. The minimum absolute atomic E-state index is 0.165. The van der Waals surface area contributed by atoms with Crippen LogP contribution in [0.2, 0.25) is 0 Å². The third kappa shape index (κ3) is 6.02. The first-order chi connectivity index (χ1) is 16.7. The summed E-state index contributed by atoms with van der Waals surface area (Å²) < 4.78 is 0. The van der Waals surface area contributed by atoms with Crippen LogP contribution >= 0.6 is 0 Å². The maximum absolute atomic E-state index is 12.3. The first kappa shape index (κ1) is 25.6. The predicted octanol–water partition coefficient (Wildman–Crippen LogP) is 6.71. The van der Waals surface area contributed by atoms with E-state index in [1.54, 1.807) is 0 Å². The summed E-state index contributed by atoms with van der Waals surface area (Å²) >= 11 is 0. The molecule has 4 rings (SSSR count). The molecule has 0 radical (unpaired) electrons. The maximum atomic E-state index is 12.3. The second-order valence-electron chi connectivity index (χ2n) is 11.6. The summed E-state index contributed by atoms with van der Waals surface area (Å²) in [5.41, 5.74) is 2.18. The molecule has 0 spiro atoms. The fourth-order valence-corrected chi connectivity index (χ4v) is 6.44. The zero-order chi connectivity index (χ0) is 25.1. The van der Waals surface area contributed by atoms with E-state index in [2.05, 4.69) is 69.3 Å². The van der Waals surface area contributed by atoms with E-state index in [1.807, 2.05) is 11.0 Å². The molecule has 1 aromatic carbocycles. The van der Waals surface area contributed by atoms with Gasteiger partial charge in [0.05, 0.1) is 5.52 Å². The number of para-hydroxylation sites is 1. The minimum Gasteiger partial charge on any atom is -0.465 e. The van der Waals surface area contributed by atoms with Gasteiger partial charge in [0.2, 0.25) is 0 Å². The standard InChI is InChI=1S/C29H44N4O2/c1-19(2)23-15-10-20(3)16-27(23)33(29(34)35)18-21-11-13-22(14-12-21)30-28-17-26(32(4)5)24-8-6-7-9-25(24)31-28/h6-9,17,19-23,27H,10-16,18H2,1-5H3,(H,30,31)(H,34,35)/t20-,21?,22?,23+,27?/m1/s1. The maximum Gasteiger partial charge on any atom is 0.407 e. The van der Waals surface area contributed by atoms with Crippen molar-refractivity contribution in [2.75, 3.05) is 30.9 Å². The molecule has 2 aromatic rings. The quantitative estimate of drug-likeness (QED) is 0.461. The zero-order valence-corrected chi connectivity index (χ0v) is 22.2. The molecule has 2 fully saturated rings. The molecule has 0 bridgehead atoms. The van der Waals surface area contributed by atoms with Crippen molar-refractivity contribution >= 4 is 28.5 Å². The van der Waals surface area contributed by atoms with Gasteiger partial charge in [-0.05, 0) is 68.3 Å². The van der Waals surface area contributed by atoms with Gasteiger partial charge >= 0.3 is 6.09 Å². The number of aromatic nitrogens is 1. The van der Waals surface area contributed by atoms with Gasteiger partial charge in [0.15, 0.2) is 0 Å². The summed E-state index contributed by atoms with van der Waals surface area (Å²) in [4.78, 5) is 21.2. The van der Waals surface area contributed by atoms with Crippen LogP contribution in [0, 0.1) is 23.7 Å². The summed E-state index contributed by atoms with van der Waals surface area (Å²) in [5, 5.41) is 15.0. The van der Waals surface area contributed by atoms with Gasteiger partial charge in [0.25, 0.3) is 0 Å². The summed E-state index contributed by atoms with van der Waals surface area (Å²) in [7, 11) is 4.14. The van der Waals surface area contributed by atoms with Gasteiger partial charge < -0.3 is 20.2 Å². The highest BCUT2D eigenvalue weighted by molar-refractivity contribution is 5.93. The Bertz CT molecular complexity index is 999. The number of anilines is 2. The van der Waals surface area contributed by atoms with Crippen molar-refractivity contribution in [1.29, 1.82) is 0 Å². The first-order valence-corrected chi connectivity index (χ1v) is 13.6. The van der Waals surface area contributed by atoms with Crippen LogP contribution in [-0.2, 0) is 0 Å². The van der Waals surface area contributed by atoms with Crippen molar-refractivity contribution < 1.29 is 9.90 Å². The van der Waals surface area contributed by atoms with E-state index >= 15 is 0 Å². The Morgan fingerprint density at radius 1 is 1.11 bits per heavy atom. The molecule has 1 amide bonds. The van der Waals surface area contributed by atoms with Gasteiger partial charge in [0.1, 0.15) is 5.82 Å². The van der Waals surface area contributed by atoms with Crippen LogP contribution in [0.3, 0.4) is 0 Å². The van der Waals surface area contributed by atoms with Crippen molar-refractivity contribution in [3.05, 3.63) is 30.3 Å². The summed E-state index contributed by atoms with van der Waals surface area (Å²) in [6.45, 7) is 7.48. The van der Waals surface area contributed by atoms with Crippen molar-refractivity contribution in [2.24, 2.45) is 23.7 Å². The van der Waals surface area contributed by atoms with E-state index in [9.17, 15) is 9.90 Å². The SMILES string of the molecule is CC(C)[C@@H]1CC[C@@H](C)CC1N(CC1CCC(Nc2cc(N(C)C)c3ccccc3n2)CC1)C(=O)O. The fraction of sp³-hybridized carbons (Fsp3) is 0.655. The van der Waals surface area contributed by atoms with E-state index in [1.165, 1.54) is 12.1 Å². The van der Waals surface area contributed by atoms with Gasteiger partial charge in [-0.2, -0.15) is 0 Å². The lowest BCUT2D eigenvalue weighted by atomic mass is 9.73. The van der Waals surface area contributed by atoms with Gasteiger partial charge in [-0.3, -0.25) is 0 Å². The summed E-state index contributed by atoms with van der Waals surface area (Å²) in [5.74, 6) is 2.98. The molecule has 2 saturated carbocycles. The Hall–Kier alpha value is -2.50. The second kappa shape index (κ2) is 11.0. The van der Waals surface area contributed by atoms with Crippen LogP contribution in [0.5, 0.6) is 0 Å². The Labute approximate surface area is 211 Å². The lowest BCUT2D eigenvalue weighted by Crippen LogP contribution is -2.50. The molecule has 6 nitrogen and oxygen atoms in total. The van der Waals surface area contributed by atoms with E-state index in [-0.39, 0.29) is 6.04 Å². The number of carbonyl (C=O) groups is 1. The molecule has 192 valence electrons. The van der Waals surface area contributed by atoms with Crippen LogP contribution in [-0.4, -0.2) is 53.8 Å². The number of hydrogen-bond acceptors (Lipinski definition) is 4. The molecular formula is C29H44N4O2. The van der Waals surface area contributed by atoms with Crippen molar-refractivity contribution in [3.8, 4) is 0 Å². The third-order valence-electron chi connectivity index (χ3n) is 8.46. The summed E-state index contributed by atoms with van der Waals surface area (Å²) in [6.07, 6.45) is 6.88. The van der Waals surface area contributed by atoms with Crippen LogP contribution in [0.25, 0.3) is 10.9 Å². The monoisotopic (exact) mass is 480 g/mol. The third-order valence-corrected chi connectivity index (χ3v) is 8.46. The lowest BCUT2D eigenvalue weighted by Gasteiger charge is -2.44. The summed E-state index contributed by atoms with van der Waals surface area (Å²) in [6, 6.07) is 11.0. The minimum atomic E-state index is -0.730. The van der Waals surface area contributed by atoms with Gasteiger partial charge in [-0.15, -0.1) is 0 Å². The number of nitrogens with zero attached hydrogens (tertiary/aromatic N) is 3. The van der Waals surface area contributed by atoms with Gasteiger partial charge in [0, 0.05) is 49.9 Å². The average molecular weight is 481 g/mol. The number of amides is 1. The Kier molecular flexibility index (Phi) is 8.08. The Morgan fingerprint density at radius 3 is 2.49 bits per heavy atom. The molecule has 0 saturated heterocycles. The van der Waals surface area contributed by atoms with Crippen LogP contribution in [0.4, 0.5) is 16.3 Å². The molecular weight excluding hydrogens is 436 g/mol. The van der Waals surface area contributed by atoms with Crippen LogP contribution in [0.15, 0.2) is 30.3 Å². The molecule has 0 aliphatic heterocycles. The second-order valence-corrected chi connectivity index (χ2v) is 11.6. The topological polar surface area (TPSA) is 68.7 Å². The number of hydrogen-bond donors (Lipinski definition) is 2. The largest absolute Gasteiger partial charge is 0.465 e. The highest BCUT2D eigenvalue weighted by Crippen LogP contribution is 2.38. The number of rotatable bonds is 7. The highest BCUT2D eigenvalue weighted by atomic mass is 16.4. The normalized spacial score (nSPS) is 27.1. The van der Waals surface area contributed by atoms with Crippen molar-refractivity contribution in [1.82, 2.24) is 9.88 Å². The number of nitrogens with one attached hydrogen (secondary N) is 1. The molecule has 6 heteroatoms. The van der Waals surface area contributed by atoms with E-state index in [0.717, 1.165) is 55.2 Å². The number of carboxylic acid groups (broad SMARTS) is 1. The van der Waals surface area contributed by atoms with Crippen molar-refractivity contribution in [2.45, 2.75) is 77.8 Å². The van der Waals surface area contributed by atoms with Gasteiger partial charge in [-0.1, -0.05) is 45.4 Å². The van der Waals surface area contributed by atoms with Gasteiger partial charge in [-0.25, -0.2) is 9.78 Å². The lowest BCUT2D eigenvalue weighted by molar-refractivity contribution is 0.0440. The molecule has 3 atom stereocenters. The molecule has 2 N–H and O–H groups in total. The zero-order valence-electron chi connectivity index (χ0n) is 22.2. The van der Waals surface area contributed by atoms with E-state index < -0.39 is 6.09 Å². The first-order valence-electron chi connectivity index (χ1n) is 13.6. The smallest absolute Gasteiger partial charge is 0.407 e. The highest BCUT2D eigenvalue weighted by Gasteiger charge is 2.38. The number of benzene rings is 1. The van der Waals surface area contributed by atoms with E-state index in [4.69, 9.17) is 4.98 Å². The molecule has 1 aromatic heterocycles. The molecule has 2 aliphatic rings. The molecule has 35 heavy (non-hydrogen) atoms. The fourth-order valence-electron chi connectivity index (χ4n) is 6.44. The predicted molar refractivity (Wildman–Crippen MR) is 145 cm³/mol. The molecule has 1 heterocycles. The van der Waals surface area contributed by atoms with E-state index in [0.29, 0.717) is 36.3 Å². The van der Waals surface area contributed by atoms with Crippen molar-refractivity contribution in [3.63, 3.8) is 0 Å². The Balaban J connectivity index is 1.39. The molecule has 1 unspecified atom stereocenters. The van der Waals surface area contributed by atoms with Crippen LogP contribution in [0.1, 0.15) is 65.7 Å². The number of fused-ring (bicyclic) bond motifs is 1.